The molecule has 1 amide bonds. The lowest BCUT2D eigenvalue weighted by atomic mass is 9.89. The highest BCUT2D eigenvalue weighted by molar-refractivity contribution is 6.05. The number of ether oxygens (including phenoxy) is 4. The molecule has 1 aliphatic heterocycles. The first-order chi connectivity index (χ1) is 20.4. The Morgan fingerprint density at radius 1 is 0.930 bits per heavy atom. The molecular weight excluding hydrogens is 554 g/mol. The average Bonchev–Trinajstić information content (AvgIpc) is 2.98. The molecule has 4 aromatic rings. The summed E-state index contributed by atoms with van der Waals surface area (Å²) in [6.45, 7) is 7.14. The number of benzene rings is 3. The second kappa shape index (κ2) is 11.8. The van der Waals surface area contributed by atoms with E-state index < -0.39 is 41.7 Å². The second-order valence-electron chi connectivity index (χ2n) is 11.1. The van der Waals surface area contributed by atoms with E-state index in [1.807, 2.05) is 31.2 Å². The molecule has 43 heavy (non-hydrogen) atoms. The zero-order chi connectivity index (χ0) is 31.1. The number of carbonyl (C=O) groups excluding carboxylic acids is 1. The molecule has 1 fully saturated rings. The van der Waals surface area contributed by atoms with Crippen LogP contribution in [0.2, 0.25) is 0 Å². The van der Waals surface area contributed by atoms with Gasteiger partial charge in [-0.25, -0.2) is 4.79 Å². The monoisotopic (exact) mass is 589 g/mol. The first-order valence-corrected chi connectivity index (χ1v) is 13.8. The van der Waals surface area contributed by atoms with Gasteiger partial charge in [0.05, 0.1) is 12.7 Å². The van der Waals surface area contributed by atoms with Crippen molar-refractivity contribution < 1.29 is 38.4 Å². The van der Waals surface area contributed by atoms with Gasteiger partial charge in [-0.1, -0.05) is 29.8 Å². The van der Waals surface area contributed by atoms with E-state index >= 15 is 0 Å². The summed E-state index contributed by atoms with van der Waals surface area (Å²) in [7, 11) is 3.00. The summed E-state index contributed by atoms with van der Waals surface area (Å²) in [6.07, 6.45) is -4.60. The molecule has 10 nitrogen and oxygen atoms in total. The van der Waals surface area contributed by atoms with Crippen LogP contribution in [0.25, 0.3) is 22.1 Å². The summed E-state index contributed by atoms with van der Waals surface area (Å²) in [5, 5.41) is 24.4. The molecule has 3 N–H and O–H groups in total. The van der Waals surface area contributed by atoms with E-state index in [1.165, 1.54) is 13.2 Å². The lowest BCUT2D eigenvalue weighted by Crippen LogP contribution is -2.63. The Kier molecular flexibility index (Phi) is 8.31. The lowest BCUT2D eigenvalue weighted by molar-refractivity contribution is -0.306. The topological polar surface area (TPSA) is 137 Å². The van der Waals surface area contributed by atoms with E-state index in [0.717, 1.165) is 16.7 Å². The summed E-state index contributed by atoms with van der Waals surface area (Å²) in [5.41, 5.74) is 2.06. The Hall–Kier alpha value is -4.22. The molecule has 0 radical (unpaired) electrons. The van der Waals surface area contributed by atoms with Crippen LogP contribution >= 0.6 is 0 Å². The van der Waals surface area contributed by atoms with Crippen LogP contribution < -0.4 is 20.4 Å². The number of hydrogen-bond donors (Lipinski definition) is 3. The van der Waals surface area contributed by atoms with Crippen molar-refractivity contribution in [2.75, 3.05) is 19.5 Å². The van der Waals surface area contributed by atoms with Crippen molar-refractivity contribution in [2.45, 2.75) is 57.9 Å². The maximum absolute atomic E-state index is 13.2. The minimum absolute atomic E-state index is 0.0280. The van der Waals surface area contributed by atoms with Gasteiger partial charge >= 0.3 is 5.63 Å². The molecule has 5 rings (SSSR count). The molecule has 1 aromatic heterocycles. The summed E-state index contributed by atoms with van der Waals surface area (Å²) in [5.74, 6) is 0.414. The average molecular weight is 590 g/mol. The Bertz CT molecular complexity index is 1710. The minimum Gasteiger partial charge on any atom is -0.496 e. The number of anilines is 1. The fourth-order valence-electron chi connectivity index (χ4n) is 5.35. The Morgan fingerprint density at radius 3 is 2.30 bits per heavy atom. The van der Waals surface area contributed by atoms with E-state index in [1.54, 1.807) is 58.2 Å². The third-order valence-electron chi connectivity index (χ3n) is 7.71. The molecule has 0 bridgehead atoms. The van der Waals surface area contributed by atoms with Crippen molar-refractivity contribution in [3.8, 4) is 22.6 Å². The van der Waals surface area contributed by atoms with E-state index in [9.17, 15) is 19.8 Å². The predicted molar refractivity (Wildman–Crippen MR) is 161 cm³/mol. The number of aliphatic hydroxyl groups is 2. The van der Waals surface area contributed by atoms with Crippen LogP contribution in [0.1, 0.15) is 35.3 Å². The summed E-state index contributed by atoms with van der Waals surface area (Å²) in [4.78, 5) is 26.2. The van der Waals surface area contributed by atoms with Gasteiger partial charge in [-0.2, -0.15) is 0 Å². The normalized spacial score (nSPS) is 21.4. The number of aryl methyl sites for hydroxylation is 2. The van der Waals surface area contributed by atoms with Crippen LogP contribution in [0.5, 0.6) is 11.5 Å². The van der Waals surface area contributed by atoms with Crippen molar-refractivity contribution >= 4 is 22.6 Å². The van der Waals surface area contributed by atoms with Gasteiger partial charge in [-0.05, 0) is 69.7 Å². The van der Waals surface area contributed by atoms with Gasteiger partial charge in [-0.3, -0.25) is 4.79 Å². The first-order valence-electron chi connectivity index (χ1n) is 13.8. The maximum atomic E-state index is 13.2. The second-order valence-corrected chi connectivity index (χ2v) is 11.1. The predicted octanol–water partition coefficient (Wildman–Crippen LogP) is 4.59. The number of aliphatic hydroxyl groups excluding tert-OH is 2. The van der Waals surface area contributed by atoms with Crippen LogP contribution in [-0.2, 0) is 9.47 Å². The fourth-order valence-corrected chi connectivity index (χ4v) is 5.35. The maximum Gasteiger partial charge on any atom is 0.360 e. The van der Waals surface area contributed by atoms with Crippen LogP contribution in [-0.4, -0.2) is 60.5 Å². The molecular formula is C33H35NO9. The standard InChI is InChI=1S/C33H35NO9/c1-17-7-9-19(10-8-17)22-15-21(12-14-25(22)39-5)30(37)34-23-16-20-11-13-24(18(2)28(20)42-31(23)38)41-32-27(36)26(35)29(40-6)33(3,4)43-32/h7-16,26-27,29,32,35-36H,1-6H3,(H,34,37). The minimum atomic E-state index is -1.39. The molecule has 4 atom stereocenters. The Labute approximate surface area is 248 Å². The zero-order valence-electron chi connectivity index (χ0n) is 24.8. The molecule has 3 aromatic carbocycles. The van der Waals surface area contributed by atoms with Crippen molar-refractivity contribution in [3.05, 3.63) is 87.8 Å². The number of nitrogens with one attached hydrogen (secondary N) is 1. The van der Waals surface area contributed by atoms with Crippen LogP contribution in [0.3, 0.4) is 0 Å². The van der Waals surface area contributed by atoms with Gasteiger partial charge in [0.1, 0.15) is 41.1 Å². The Balaban J connectivity index is 1.39. The van der Waals surface area contributed by atoms with Gasteiger partial charge in [0, 0.05) is 29.2 Å². The molecule has 2 heterocycles. The van der Waals surface area contributed by atoms with Crippen LogP contribution in [0.15, 0.2) is 69.9 Å². The summed E-state index contributed by atoms with van der Waals surface area (Å²) < 4.78 is 28.3. The first kappa shape index (κ1) is 30.2. The number of hydrogen-bond acceptors (Lipinski definition) is 9. The third-order valence-corrected chi connectivity index (χ3v) is 7.71. The largest absolute Gasteiger partial charge is 0.496 e. The van der Waals surface area contributed by atoms with Crippen molar-refractivity contribution in [1.29, 1.82) is 0 Å². The quantitative estimate of drug-likeness (QED) is 0.265. The number of amides is 1. The molecule has 226 valence electrons. The molecule has 0 aliphatic carbocycles. The SMILES string of the molecule is COc1ccc(C(=O)Nc2cc3ccc(OC4OC(C)(C)C(OC)C(O)C4O)c(C)c3oc2=O)cc1-c1ccc(C)cc1. The number of fused-ring (bicyclic) bond motifs is 1. The third kappa shape index (κ3) is 5.87. The van der Waals surface area contributed by atoms with Crippen LogP contribution in [0, 0.1) is 13.8 Å². The zero-order valence-corrected chi connectivity index (χ0v) is 24.8. The molecule has 4 unspecified atom stereocenters. The highest BCUT2D eigenvalue weighted by Gasteiger charge is 2.50. The fraction of sp³-hybridized carbons (Fsp3) is 0.333. The van der Waals surface area contributed by atoms with E-state index in [0.29, 0.717) is 22.3 Å². The van der Waals surface area contributed by atoms with E-state index in [4.69, 9.17) is 23.4 Å². The van der Waals surface area contributed by atoms with Gasteiger partial charge in [0.15, 0.2) is 0 Å². The van der Waals surface area contributed by atoms with Gasteiger partial charge in [-0.15, -0.1) is 0 Å². The van der Waals surface area contributed by atoms with Gasteiger partial charge < -0.3 is 38.9 Å². The highest BCUT2D eigenvalue weighted by Crippen LogP contribution is 2.35. The van der Waals surface area contributed by atoms with Gasteiger partial charge in [0.2, 0.25) is 6.29 Å². The Morgan fingerprint density at radius 2 is 1.63 bits per heavy atom. The summed E-state index contributed by atoms with van der Waals surface area (Å²) >= 11 is 0. The van der Waals surface area contributed by atoms with Crippen molar-refractivity contribution in [2.24, 2.45) is 0 Å². The van der Waals surface area contributed by atoms with Gasteiger partial charge in [0.25, 0.3) is 5.91 Å². The molecule has 0 saturated carbocycles. The number of rotatable bonds is 7. The highest BCUT2D eigenvalue weighted by atomic mass is 16.7. The smallest absolute Gasteiger partial charge is 0.360 e. The summed E-state index contributed by atoms with van der Waals surface area (Å²) in [6, 6.07) is 17.7. The molecule has 0 spiro atoms. The number of methoxy groups -OCH3 is 2. The van der Waals surface area contributed by atoms with Crippen molar-refractivity contribution in [1.82, 2.24) is 0 Å². The van der Waals surface area contributed by atoms with E-state index in [2.05, 4.69) is 5.32 Å². The van der Waals surface area contributed by atoms with Crippen LogP contribution in [0.4, 0.5) is 5.69 Å². The van der Waals surface area contributed by atoms with E-state index in [-0.39, 0.29) is 17.0 Å². The number of carbonyl (C=O) groups is 1. The molecule has 10 heteroatoms. The molecule has 1 saturated heterocycles. The van der Waals surface area contributed by atoms with Crippen molar-refractivity contribution in [3.63, 3.8) is 0 Å². The lowest BCUT2D eigenvalue weighted by Gasteiger charge is -2.46. The molecule has 1 aliphatic rings.